The fourth-order valence-corrected chi connectivity index (χ4v) is 4.53. The van der Waals surface area contributed by atoms with Gasteiger partial charge in [0.05, 0.1) is 30.8 Å². The van der Waals surface area contributed by atoms with E-state index in [4.69, 9.17) is 9.47 Å². The van der Waals surface area contributed by atoms with Crippen LogP contribution in [0.4, 0.5) is 5.69 Å². The zero-order chi connectivity index (χ0) is 24.2. The molecule has 0 aliphatic rings. The first-order chi connectivity index (χ1) is 15.7. The minimum Gasteiger partial charge on any atom is -0.493 e. The Balaban J connectivity index is 1.76. The van der Waals surface area contributed by atoms with Gasteiger partial charge < -0.3 is 14.8 Å². The van der Waals surface area contributed by atoms with E-state index in [2.05, 4.69) is 5.32 Å². The van der Waals surface area contributed by atoms with Crippen LogP contribution in [0.15, 0.2) is 71.6 Å². The average molecular weight is 469 g/mol. The third-order valence-electron chi connectivity index (χ3n) is 5.43. The highest BCUT2D eigenvalue weighted by Crippen LogP contribution is 2.31. The van der Waals surface area contributed by atoms with Gasteiger partial charge in [-0.1, -0.05) is 29.8 Å². The second kappa shape index (κ2) is 9.95. The van der Waals surface area contributed by atoms with E-state index < -0.39 is 10.0 Å². The van der Waals surface area contributed by atoms with Gasteiger partial charge in [-0.3, -0.25) is 9.10 Å². The number of rotatable bonds is 8. The summed E-state index contributed by atoms with van der Waals surface area (Å²) in [5.74, 6) is 0.524. The topological polar surface area (TPSA) is 84.9 Å². The number of anilines is 1. The minimum absolute atomic E-state index is 0.0661. The summed E-state index contributed by atoms with van der Waals surface area (Å²) in [4.78, 5) is 12.7. The van der Waals surface area contributed by atoms with Crippen LogP contribution in [0.3, 0.4) is 0 Å². The lowest BCUT2D eigenvalue weighted by Gasteiger charge is -2.21. The number of nitrogens with zero attached hydrogens (tertiary/aromatic N) is 1. The van der Waals surface area contributed by atoms with Crippen molar-refractivity contribution in [3.63, 3.8) is 0 Å². The number of hydrogen-bond acceptors (Lipinski definition) is 5. The normalized spacial score (nSPS) is 12.0. The maximum Gasteiger partial charge on any atom is 0.264 e. The number of amides is 1. The van der Waals surface area contributed by atoms with Crippen LogP contribution in [0.5, 0.6) is 11.5 Å². The highest BCUT2D eigenvalue weighted by molar-refractivity contribution is 7.92. The molecule has 1 amide bonds. The molecule has 1 N–H and O–H groups in total. The number of aryl methyl sites for hydroxylation is 1. The lowest BCUT2D eigenvalue weighted by molar-refractivity contribution is 0.0940. The fraction of sp³-hybridized carbons (Fsp3) is 0.240. The summed E-state index contributed by atoms with van der Waals surface area (Å²) < 4.78 is 37.7. The molecule has 0 heterocycles. The molecule has 7 nitrogen and oxygen atoms in total. The number of carbonyl (C=O) groups excluding carboxylic acids is 1. The van der Waals surface area contributed by atoms with Gasteiger partial charge in [0.2, 0.25) is 0 Å². The van der Waals surface area contributed by atoms with Crippen molar-refractivity contribution < 1.29 is 22.7 Å². The summed E-state index contributed by atoms with van der Waals surface area (Å²) in [7, 11) is 0.544. The number of hydrogen-bond donors (Lipinski definition) is 1. The van der Waals surface area contributed by atoms with Gasteiger partial charge in [-0.05, 0) is 55.8 Å². The second-order valence-electron chi connectivity index (χ2n) is 7.64. The Morgan fingerprint density at radius 2 is 1.52 bits per heavy atom. The zero-order valence-electron chi connectivity index (χ0n) is 19.3. The van der Waals surface area contributed by atoms with Crippen LogP contribution in [0.1, 0.15) is 34.5 Å². The minimum atomic E-state index is -3.84. The lowest BCUT2D eigenvalue weighted by Crippen LogP contribution is -2.28. The fourth-order valence-electron chi connectivity index (χ4n) is 3.32. The third-order valence-corrected chi connectivity index (χ3v) is 7.21. The van der Waals surface area contributed by atoms with E-state index in [1.165, 1.54) is 33.4 Å². The Labute approximate surface area is 195 Å². The van der Waals surface area contributed by atoms with E-state index in [-0.39, 0.29) is 16.8 Å². The lowest BCUT2D eigenvalue weighted by atomic mass is 10.1. The van der Waals surface area contributed by atoms with Crippen LogP contribution >= 0.6 is 0 Å². The van der Waals surface area contributed by atoms with Crippen molar-refractivity contribution in [1.82, 2.24) is 5.32 Å². The van der Waals surface area contributed by atoms with Crippen molar-refractivity contribution in [1.29, 1.82) is 0 Å². The molecule has 174 valence electrons. The van der Waals surface area contributed by atoms with E-state index in [1.807, 2.05) is 38.1 Å². The van der Waals surface area contributed by atoms with Crippen molar-refractivity contribution in [3.8, 4) is 11.5 Å². The predicted octanol–water partition coefficient (Wildman–Crippen LogP) is 4.33. The van der Waals surface area contributed by atoms with Gasteiger partial charge in [-0.15, -0.1) is 0 Å². The Morgan fingerprint density at radius 3 is 2.09 bits per heavy atom. The van der Waals surface area contributed by atoms with E-state index in [1.54, 1.807) is 30.3 Å². The molecular formula is C25H28N2O5S. The monoisotopic (exact) mass is 468 g/mol. The number of sulfonamides is 1. The third kappa shape index (κ3) is 5.28. The highest BCUT2D eigenvalue weighted by Gasteiger charge is 2.23. The summed E-state index contributed by atoms with van der Waals surface area (Å²) in [6.07, 6.45) is 0. The number of nitrogens with one attached hydrogen (secondary N) is 1. The molecule has 0 saturated heterocycles. The molecule has 0 radical (unpaired) electrons. The van der Waals surface area contributed by atoms with Gasteiger partial charge in [0.1, 0.15) is 0 Å². The molecular weight excluding hydrogens is 440 g/mol. The molecule has 0 aromatic heterocycles. The van der Waals surface area contributed by atoms with Crippen LogP contribution in [0.2, 0.25) is 0 Å². The molecule has 3 aromatic carbocycles. The maximum absolute atomic E-state index is 13.1. The van der Waals surface area contributed by atoms with Crippen molar-refractivity contribution in [3.05, 3.63) is 83.4 Å². The van der Waals surface area contributed by atoms with Crippen molar-refractivity contribution >= 4 is 21.6 Å². The SMILES string of the molecule is COc1ccc(S(=O)(=O)N(C)c2ccc(C(=O)NC(C)c3ccc(C)cc3)cc2)cc1OC. The van der Waals surface area contributed by atoms with Crippen LogP contribution in [0.25, 0.3) is 0 Å². The highest BCUT2D eigenvalue weighted by atomic mass is 32.2. The molecule has 0 spiro atoms. The molecule has 8 heteroatoms. The largest absolute Gasteiger partial charge is 0.493 e. The Hall–Kier alpha value is -3.52. The number of methoxy groups -OCH3 is 2. The molecule has 33 heavy (non-hydrogen) atoms. The molecule has 0 aliphatic heterocycles. The van der Waals surface area contributed by atoms with Gasteiger partial charge in [-0.25, -0.2) is 8.42 Å². The first-order valence-electron chi connectivity index (χ1n) is 10.4. The summed E-state index contributed by atoms with van der Waals surface area (Å²) in [6.45, 7) is 3.93. The van der Waals surface area contributed by atoms with Crippen LogP contribution in [-0.2, 0) is 10.0 Å². The Morgan fingerprint density at radius 1 is 0.909 bits per heavy atom. The van der Waals surface area contributed by atoms with Crippen LogP contribution < -0.4 is 19.1 Å². The van der Waals surface area contributed by atoms with Gasteiger partial charge in [0.15, 0.2) is 11.5 Å². The van der Waals surface area contributed by atoms with E-state index in [0.717, 1.165) is 15.4 Å². The number of benzene rings is 3. The van der Waals surface area contributed by atoms with Crippen molar-refractivity contribution in [2.75, 3.05) is 25.6 Å². The van der Waals surface area contributed by atoms with Crippen LogP contribution in [-0.4, -0.2) is 35.6 Å². The van der Waals surface area contributed by atoms with Crippen LogP contribution in [0, 0.1) is 6.92 Å². The summed E-state index contributed by atoms with van der Waals surface area (Å²) >= 11 is 0. The van der Waals surface area contributed by atoms with Gasteiger partial charge in [0, 0.05) is 18.7 Å². The average Bonchev–Trinajstić information content (AvgIpc) is 2.83. The quantitative estimate of drug-likeness (QED) is 0.532. The standard InChI is InChI=1S/C25H28N2O5S/c1-17-6-8-19(9-7-17)18(2)26-25(28)20-10-12-21(13-11-20)27(3)33(29,30)22-14-15-23(31-4)24(16-22)32-5/h6-16,18H,1-5H3,(H,26,28). The summed E-state index contributed by atoms with van der Waals surface area (Å²) in [6, 6.07) is 18.6. The van der Waals surface area contributed by atoms with E-state index >= 15 is 0 Å². The smallest absolute Gasteiger partial charge is 0.264 e. The maximum atomic E-state index is 13.1. The van der Waals surface area contributed by atoms with E-state index in [0.29, 0.717) is 22.7 Å². The number of ether oxygens (including phenoxy) is 2. The first kappa shape index (κ1) is 24.1. The van der Waals surface area contributed by atoms with E-state index in [9.17, 15) is 13.2 Å². The van der Waals surface area contributed by atoms with Crippen molar-refractivity contribution in [2.24, 2.45) is 0 Å². The Kier molecular flexibility index (Phi) is 7.28. The molecule has 1 unspecified atom stereocenters. The van der Waals surface area contributed by atoms with Gasteiger partial charge in [-0.2, -0.15) is 0 Å². The second-order valence-corrected chi connectivity index (χ2v) is 9.61. The molecule has 3 rings (SSSR count). The molecule has 0 bridgehead atoms. The molecule has 0 aliphatic carbocycles. The molecule has 1 atom stereocenters. The predicted molar refractivity (Wildman–Crippen MR) is 129 cm³/mol. The van der Waals surface area contributed by atoms with Gasteiger partial charge >= 0.3 is 0 Å². The van der Waals surface area contributed by atoms with Gasteiger partial charge in [0.25, 0.3) is 15.9 Å². The Bertz CT molecular complexity index is 1220. The summed E-state index contributed by atoms with van der Waals surface area (Å²) in [5, 5.41) is 2.96. The molecule has 0 saturated carbocycles. The zero-order valence-corrected chi connectivity index (χ0v) is 20.1. The molecule has 3 aromatic rings. The summed E-state index contributed by atoms with van der Waals surface area (Å²) in [5.41, 5.74) is 3.02. The number of carbonyl (C=O) groups is 1. The molecule has 0 fully saturated rings. The van der Waals surface area contributed by atoms with Crippen molar-refractivity contribution in [2.45, 2.75) is 24.8 Å². The first-order valence-corrected chi connectivity index (χ1v) is 11.8.